The van der Waals surface area contributed by atoms with Crippen LogP contribution in [0.25, 0.3) is 0 Å². The van der Waals surface area contributed by atoms with Crippen LogP contribution in [0.2, 0.25) is 0 Å². The highest BCUT2D eigenvalue weighted by Gasteiger charge is 2.71. The second-order valence-electron chi connectivity index (χ2n) is 7.75. The second-order valence-corrected chi connectivity index (χ2v) is 7.75. The van der Waals surface area contributed by atoms with Gasteiger partial charge in [-0.1, -0.05) is 30.3 Å². The number of alkyl halides is 4. The van der Waals surface area contributed by atoms with Gasteiger partial charge in [-0.3, -0.25) is 9.48 Å². The van der Waals surface area contributed by atoms with Crippen LogP contribution in [0.4, 0.5) is 23.4 Å². The first-order valence-electron chi connectivity index (χ1n) is 9.34. The molecule has 4 nitrogen and oxygen atoms in total. The summed E-state index contributed by atoms with van der Waals surface area (Å²) in [6.45, 7) is 0. The van der Waals surface area contributed by atoms with Crippen molar-refractivity contribution >= 4 is 11.7 Å². The fraction of sp³-hybridized carbons (Fsp3) is 0.500. The van der Waals surface area contributed by atoms with Crippen LogP contribution in [0.5, 0.6) is 0 Å². The average molecular weight is 395 g/mol. The molecule has 0 bridgehead atoms. The molecule has 2 aliphatic rings. The fourth-order valence-electron chi connectivity index (χ4n) is 3.81. The SMILES string of the molecule is Cn1nc(Cc2ccccc2)c(C2CC2)c1NC(=O)C[C@H]1CC(F)(F)C1(F)F. The van der Waals surface area contributed by atoms with Crippen LogP contribution < -0.4 is 5.32 Å². The minimum Gasteiger partial charge on any atom is -0.311 e. The van der Waals surface area contributed by atoms with Gasteiger partial charge < -0.3 is 5.32 Å². The third-order valence-corrected chi connectivity index (χ3v) is 5.55. The molecule has 0 unspecified atom stereocenters. The number of aromatic nitrogens is 2. The van der Waals surface area contributed by atoms with E-state index in [0.29, 0.717) is 12.2 Å². The van der Waals surface area contributed by atoms with Gasteiger partial charge in [-0.15, -0.1) is 0 Å². The Labute approximate surface area is 159 Å². The zero-order valence-electron chi connectivity index (χ0n) is 15.4. The Balaban J connectivity index is 1.51. The van der Waals surface area contributed by atoms with Crippen LogP contribution in [0, 0.1) is 5.92 Å². The number of aryl methyl sites for hydroxylation is 1. The number of amides is 1. The van der Waals surface area contributed by atoms with Crippen molar-refractivity contribution in [3.63, 3.8) is 0 Å². The highest BCUT2D eigenvalue weighted by Crippen LogP contribution is 2.56. The number of carbonyl (C=O) groups excluding carboxylic acids is 1. The summed E-state index contributed by atoms with van der Waals surface area (Å²) < 4.78 is 54.5. The van der Waals surface area contributed by atoms with Crippen molar-refractivity contribution in [3.8, 4) is 0 Å². The van der Waals surface area contributed by atoms with Gasteiger partial charge in [-0.05, 0) is 24.3 Å². The van der Waals surface area contributed by atoms with Crippen LogP contribution >= 0.6 is 0 Å². The van der Waals surface area contributed by atoms with E-state index in [-0.39, 0.29) is 5.92 Å². The molecule has 1 N–H and O–H groups in total. The number of halogens is 4. The summed E-state index contributed by atoms with van der Waals surface area (Å²) in [4.78, 5) is 12.3. The lowest BCUT2D eigenvalue weighted by molar-refractivity contribution is -0.313. The minimum atomic E-state index is -4.13. The Morgan fingerprint density at radius 1 is 1.21 bits per heavy atom. The smallest absolute Gasteiger partial charge is 0.311 e. The monoisotopic (exact) mass is 395 g/mol. The van der Waals surface area contributed by atoms with Crippen molar-refractivity contribution in [1.29, 1.82) is 0 Å². The van der Waals surface area contributed by atoms with E-state index in [9.17, 15) is 22.4 Å². The summed E-state index contributed by atoms with van der Waals surface area (Å²) in [5.74, 6) is -9.72. The molecule has 1 amide bonds. The van der Waals surface area contributed by atoms with Gasteiger partial charge in [0.1, 0.15) is 5.82 Å². The lowest BCUT2D eigenvalue weighted by Crippen LogP contribution is -2.59. The van der Waals surface area contributed by atoms with Crippen LogP contribution in [0.1, 0.15) is 48.4 Å². The standard InChI is InChI=1S/C20H21F4N3O/c1-27-18(25-16(28)10-14-11-19(21,22)20(14,23)24)17(13-7-8-13)15(26-27)9-12-5-3-2-4-6-12/h2-6,13-14H,7-11H2,1H3,(H,25,28)/t14-/m0/s1. The molecule has 0 spiro atoms. The largest absolute Gasteiger partial charge is 0.313 e. The van der Waals surface area contributed by atoms with Crippen molar-refractivity contribution in [1.82, 2.24) is 9.78 Å². The predicted octanol–water partition coefficient (Wildman–Crippen LogP) is 4.51. The molecule has 28 heavy (non-hydrogen) atoms. The maximum atomic E-state index is 13.5. The molecule has 2 fully saturated rings. The Morgan fingerprint density at radius 2 is 1.89 bits per heavy atom. The van der Waals surface area contributed by atoms with E-state index in [1.54, 1.807) is 7.05 Å². The number of carbonyl (C=O) groups is 1. The van der Waals surface area contributed by atoms with Gasteiger partial charge in [0.05, 0.1) is 5.69 Å². The van der Waals surface area contributed by atoms with Crippen LogP contribution in [-0.2, 0) is 18.3 Å². The van der Waals surface area contributed by atoms with Gasteiger partial charge in [0.25, 0.3) is 0 Å². The first-order chi connectivity index (χ1) is 13.2. The van der Waals surface area contributed by atoms with E-state index in [1.807, 2.05) is 30.3 Å². The Kier molecular flexibility index (Phi) is 4.47. The van der Waals surface area contributed by atoms with Gasteiger partial charge in [-0.25, -0.2) is 0 Å². The van der Waals surface area contributed by atoms with Crippen LogP contribution in [0.3, 0.4) is 0 Å². The molecule has 8 heteroatoms. The van der Waals surface area contributed by atoms with E-state index in [1.165, 1.54) is 4.68 Å². The quantitative estimate of drug-likeness (QED) is 0.732. The molecule has 2 aromatic rings. The van der Waals surface area contributed by atoms with E-state index in [2.05, 4.69) is 10.4 Å². The summed E-state index contributed by atoms with van der Waals surface area (Å²) in [6.07, 6.45) is 0.954. The van der Waals surface area contributed by atoms with Crippen molar-refractivity contribution < 1.29 is 22.4 Å². The zero-order chi connectivity index (χ0) is 20.1. The Morgan fingerprint density at radius 3 is 2.46 bits per heavy atom. The highest BCUT2D eigenvalue weighted by atomic mass is 19.3. The van der Waals surface area contributed by atoms with Crippen molar-refractivity contribution in [3.05, 3.63) is 47.2 Å². The number of hydrogen-bond donors (Lipinski definition) is 1. The van der Waals surface area contributed by atoms with E-state index in [4.69, 9.17) is 0 Å². The van der Waals surface area contributed by atoms with Gasteiger partial charge in [0.2, 0.25) is 5.91 Å². The van der Waals surface area contributed by atoms with Gasteiger partial charge in [0.15, 0.2) is 0 Å². The highest BCUT2D eigenvalue weighted by molar-refractivity contribution is 5.91. The Bertz CT molecular complexity index is 890. The minimum absolute atomic E-state index is 0.275. The predicted molar refractivity (Wildman–Crippen MR) is 95.7 cm³/mol. The summed E-state index contributed by atoms with van der Waals surface area (Å²) in [6, 6.07) is 9.78. The van der Waals surface area contributed by atoms with Gasteiger partial charge in [-0.2, -0.15) is 22.7 Å². The first-order valence-corrected chi connectivity index (χ1v) is 9.34. The molecule has 0 saturated heterocycles. The van der Waals surface area contributed by atoms with E-state index in [0.717, 1.165) is 29.7 Å². The summed E-state index contributed by atoms with van der Waals surface area (Å²) in [5.41, 5.74) is 2.84. The summed E-state index contributed by atoms with van der Waals surface area (Å²) >= 11 is 0. The molecule has 2 saturated carbocycles. The molecular formula is C20H21F4N3O. The van der Waals surface area contributed by atoms with Crippen LogP contribution in [-0.4, -0.2) is 27.5 Å². The normalized spacial score (nSPS) is 22.5. The molecule has 1 aromatic carbocycles. The zero-order valence-corrected chi connectivity index (χ0v) is 15.4. The summed E-state index contributed by atoms with van der Waals surface area (Å²) in [5, 5.41) is 7.17. The first kappa shape index (κ1) is 19.0. The third-order valence-electron chi connectivity index (χ3n) is 5.55. The molecule has 0 radical (unpaired) electrons. The number of nitrogens with one attached hydrogen (secondary N) is 1. The number of benzene rings is 1. The molecule has 0 aliphatic heterocycles. The third kappa shape index (κ3) is 3.29. The molecule has 2 aliphatic carbocycles. The maximum absolute atomic E-state index is 13.5. The lowest BCUT2D eigenvalue weighted by atomic mass is 9.74. The molecule has 150 valence electrons. The van der Waals surface area contributed by atoms with E-state index >= 15 is 0 Å². The van der Waals surface area contributed by atoms with E-state index < -0.39 is 36.5 Å². The number of rotatable bonds is 6. The fourth-order valence-corrected chi connectivity index (χ4v) is 3.81. The molecular weight excluding hydrogens is 374 g/mol. The number of hydrogen-bond acceptors (Lipinski definition) is 2. The summed E-state index contributed by atoms with van der Waals surface area (Å²) in [7, 11) is 1.68. The lowest BCUT2D eigenvalue weighted by Gasteiger charge is -2.43. The van der Waals surface area contributed by atoms with Crippen molar-refractivity contribution in [2.24, 2.45) is 13.0 Å². The topological polar surface area (TPSA) is 46.9 Å². The number of anilines is 1. The second kappa shape index (κ2) is 6.60. The van der Waals surface area contributed by atoms with Crippen molar-refractivity contribution in [2.45, 2.75) is 49.9 Å². The number of nitrogens with zero attached hydrogens (tertiary/aromatic N) is 2. The molecule has 1 atom stereocenters. The molecule has 1 aromatic heterocycles. The molecule has 4 rings (SSSR count). The molecule has 1 heterocycles. The average Bonchev–Trinajstić information content (AvgIpc) is 3.41. The van der Waals surface area contributed by atoms with Crippen molar-refractivity contribution in [2.75, 3.05) is 5.32 Å². The van der Waals surface area contributed by atoms with Gasteiger partial charge in [0, 0.05) is 37.8 Å². The Hall–Kier alpha value is -2.38. The van der Waals surface area contributed by atoms with Gasteiger partial charge >= 0.3 is 11.8 Å². The van der Waals surface area contributed by atoms with Crippen LogP contribution in [0.15, 0.2) is 30.3 Å². The maximum Gasteiger partial charge on any atom is 0.313 e.